The summed E-state index contributed by atoms with van der Waals surface area (Å²) in [5, 5.41) is 3.86. The Morgan fingerprint density at radius 3 is 2.44 bits per heavy atom. The Kier molecular flexibility index (Phi) is 10.6. The number of nitrogens with zero attached hydrogens (tertiary/aromatic N) is 3. The summed E-state index contributed by atoms with van der Waals surface area (Å²) in [7, 11) is -2.13. The van der Waals surface area contributed by atoms with E-state index in [0.29, 0.717) is 30.1 Å². The molecule has 0 saturated carbocycles. The zero-order valence-corrected chi connectivity index (χ0v) is 29.8. The third-order valence-electron chi connectivity index (χ3n) is 9.44. The van der Waals surface area contributed by atoms with Crippen LogP contribution in [0.1, 0.15) is 53.8 Å². The van der Waals surface area contributed by atoms with Gasteiger partial charge in [-0.2, -0.15) is 0 Å². The summed E-state index contributed by atoms with van der Waals surface area (Å²) >= 11 is 6.14. The molecule has 3 heterocycles. The lowest BCUT2D eigenvalue weighted by Crippen LogP contribution is -2.37. The van der Waals surface area contributed by atoms with Crippen molar-refractivity contribution in [2.75, 3.05) is 42.1 Å². The molecule has 2 aliphatic heterocycles. The van der Waals surface area contributed by atoms with E-state index in [9.17, 15) is 22.8 Å². The summed E-state index contributed by atoms with van der Waals surface area (Å²) in [5.41, 5.74) is 4.54. The fourth-order valence-electron chi connectivity index (χ4n) is 6.58. The van der Waals surface area contributed by atoms with Crippen molar-refractivity contribution in [1.29, 1.82) is 0 Å². The van der Waals surface area contributed by atoms with Crippen LogP contribution in [0.25, 0.3) is 11.0 Å². The highest BCUT2D eigenvalue weighted by atomic mass is 35.5. The molecule has 262 valence electrons. The number of carbonyl (C=O) groups is 2. The standard InChI is InChI=1S/C38H41ClN4O6S/c1-41(50(2,47)48)31-14-15-35-32(23-31)34(44)24-36(49-35)38(46)40-30(21-26-10-12-29(39)13-11-26)22-27-16-19-42(20-17-27)33-8-4-3-7-28(33)25-43-18-6-5-9-37(43)45/h3-4,7-8,10-15,22-24,30H,5-6,9,16-21,25H2,1-2H3,(H,40,46)/t30-/m1/s1. The van der Waals surface area contributed by atoms with E-state index in [0.717, 1.165) is 78.8 Å². The van der Waals surface area contributed by atoms with Gasteiger partial charge < -0.3 is 19.5 Å². The predicted octanol–water partition coefficient (Wildman–Crippen LogP) is 5.92. The van der Waals surface area contributed by atoms with Crippen LogP contribution < -0.4 is 20.0 Å². The Hall–Kier alpha value is -4.61. The number of rotatable bonds is 10. The Labute approximate surface area is 297 Å². The van der Waals surface area contributed by atoms with E-state index in [1.807, 2.05) is 41.3 Å². The van der Waals surface area contributed by atoms with Gasteiger partial charge >= 0.3 is 0 Å². The zero-order chi connectivity index (χ0) is 35.4. The van der Waals surface area contributed by atoms with Gasteiger partial charge in [-0.3, -0.25) is 18.7 Å². The first-order valence-corrected chi connectivity index (χ1v) is 19.0. The van der Waals surface area contributed by atoms with Crippen LogP contribution >= 0.6 is 11.6 Å². The van der Waals surface area contributed by atoms with Crippen LogP contribution in [0.15, 0.2) is 93.7 Å². The molecule has 4 aromatic rings. The molecule has 0 radical (unpaired) electrons. The van der Waals surface area contributed by atoms with Crippen molar-refractivity contribution in [1.82, 2.24) is 10.2 Å². The van der Waals surface area contributed by atoms with E-state index in [1.165, 1.54) is 30.8 Å². The van der Waals surface area contributed by atoms with Gasteiger partial charge in [-0.05, 0) is 79.6 Å². The molecule has 3 aromatic carbocycles. The number of para-hydroxylation sites is 1. The van der Waals surface area contributed by atoms with Gasteiger partial charge in [0.25, 0.3) is 5.91 Å². The van der Waals surface area contributed by atoms with Crippen molar-refractivity contribution in [2.24, 2.45) is 0 Å². The lowest BCUT2D eigenvalue weighted by atomic mass is 9.97. The van der Waals surface area contributed by atoms with Gasteiger partial charge in [0, 0.05) is 56.4 Å². The number of hydrogen-bond donors (Lipinski definition) is 1. The highest BCUT2D eigenvalue weighted by molar-refractivity contribution is 7.92. The number of likely N-dealkylation sites (tertiary alicyclic amines) is 1. The van der Waals surface area contributed by atoms with Gasteiger partial charge in [0.1, 0.15) is 5.58 Å². The zero-order valence-electron chi connectivity index (χ0n) is 28.2. The summed E-state index contributed by atoms with van der Waals surface area (Å²) in [6, 6.07) is 21.0. The highest BCUT2D eigenvalue weighted by Gasteiger charge is 2.24. The van der Waals surface area contributed by atoms with Crippen molar-refractivity contribution in [3.63, 3.8) is 0 Å². The van der Waals surface area contributed by atoms with Crippen LogP contribution in [-0.4, -0.2) is 64.1 Å². The Morgan fingerprint density at radius 1 is 0.980 bits per heavy atom. The predicted molar refractivity (Wildman–Crippen MR) is 197 cm³/mol. The minimum absolute atomic E-state index is 0.134. The van der Waals surface area contributed by atoms with E-state index in [2.05, 4.69) is 28.4 Å². The second-order valence-corrected chi connectivity index (χ2v) is 15.5. The van der Waals surface area contributed by atoms with Gasteiger partial charge in [-0.1, -0.05) is 53.6 Å². The van der Waals surface area contributed by atoms with E-state index < -0.39 is 27.4 Å². The molecular formula is C38H41ClN4O6S. The maximum atomic E-state index is 13.6. The van der Waals surface area contributed by atoms with Crippen molar-refractivity contribution in [3.8, 4) is 0 Å². The van der Waals surface area contributed by atoms with Gasteiger partial charge in [0.05, 0.1) is 23.4 Å². The molecule has 2 fully saturated rings. The van der Waals surface area contributed by atoms with Crippen molar-refractivity contribution < 1.29 is 22.4 Å². The van der Waals surface area contributed by atoms with Crippen LogP contribution in [0, 0.1) is 0 Å². The number of anilines is 2. The average Bonchev–Trinajstić information content (AvgIpc) is 3.10. The van der Waals surface area contributed by atoms with E-state index >= 15 is 0 Å². The Balaban J connectivity index is 1.19. The summed E-state index contributed by atoms with van der Waals surface area (Å²) in [4.78, 5) is 43.5. The molecule has 1 N–H and O–H groups in total. The van der Waals surface area contributed by atoms with Crippen molar-refractivity contribution >= 4 is 55.8 Å². The monoisotopic (exact) mass is 716 g/mol. The molecule has 2 saturated heterocycles. The van der Waals surface area contributed by atoms with Gasteiger partial charge in [0.15, 0.2) is 11.2 Å². The molecule has 2 aliphatic rings. The van der Waals surface area contributed by atoms with Crippen LogP contribution in [-0.2, 0) is 27.8 Å². The number of hydrogen-bond acceptors (Lipinski definition) is 7. The number of benzene rings is 3. The van der Waals surface area contributed by atoms with Crippen LogP contribution in [0.5, 0.6) is 0 Å². The fourth-order valence-corrected chi connectivity index (χ4v) is 7.21. The average molecular weight is 717 g/mol. The van der Waals surface area contributed by atoms with E-state index in [-0.39, 0.29) is 22.6 Å². The Bertz CT molecular complexity index is 2090. The molecule has 0 unspecified atom stereocenters. The van der Waals surface area contributed by atoms with Crippen LogP contribution in [0.4, 0.5) is 11.4 Å². The minimum atomic E-state index is -3.53. The number of piperidine rings is 2. The first-order valence-electron chi connectivity index (χ1n) is 16.8. The van der Waals surface area contributed by atoms with Crippen molar-refractivity contribution in [3.05, 3.63) is 117 Å². The maximum absolute atomic E-state index is 13.6. The summed E-state index contributed by atoms with van der Waals surface area (Å²) in [6.45, 7) is 3.02. The van der Waals surface area contributed by atoms with Crippen molar-refractivity contribution in [2.45, 2.75) is 51.1 Å². The first kappa shape index (κ1) is 35.2. The minimum Gasteiger partial charge on any atom is -0.451 e. The van der Waals surface area contributed by atoms with E-state index in [1.54, 1.807) is 0 Å². The highest BCUT2D eigenvalue weighted by Crippen LogP contribution is 2.29. The smallest absolute Gasteiger partial charge is 0.287 e. The number of carbonyl (C=O) groups excluding carboxylic acids is 2. The number of nitrogens with one attached hydrogen (secondary N) is 1. The maximum Gasteiger partial charge on any atom is 0.287 e. The molecule has 1 aromatic heterocycles. The number of amides is 2. The van der Waals surface area contributed by atoms with Crippen LogP contribution in [0.3, 0.4) is 0 Å². The molecule has 0 aliphatic carbocycles. The lowest BCUT2D eigenvalue weighted by Gasteiger charge is -2.34. The number of fused-ring (bicyclic) bond motifs is 1. The molecule has 6 rings (SSSR count). The fraction of sp³-hybridized carbons (Fsp3) is 0.342. The first-order chi connectivity index (χ1) is 23.9. The summed E-state index contributed by atoms with van der Waals surface area (Å²) in [5.74, 6) is -0.446. The SMILES string of the molecule is CN(c1ccc2oc(C(=O)N[C@@H](C=C3CCN(c4ccccc4CN4CCCCC4=O)CC3)Cc3ccc(Cl)cc3)cc(=O)c2c1)S(C)(=O)=O. The quantitative estimate of drug-likeness (QED) is 0.202. The topological polar surface area (TPSA) is 120 Å². The molecule has 1 atom stereocenters. The van der Waals surface area contributed by atoms with Gasteiger partial charge in [0.2, 0.25) is 15.9 Å². The lowest BCUT2D eigenvalue weighted by molar-refractivity contribution is -0.133. The molecule has 12 heteroatoms. The van der Waals surface area contributed by atoms with Gasteiger partial charge in [-0.25, -0.2) is 8.42 Å². The summed E-state index contributed by atoms with van der Waals surface area (Å²) < 4.78 is 31.0. The van der Waals surface area contributed by atoms with Crippen LogP contribution in [0.2, 0.25) is 5.02 Å². The number of halogens is 1. The third-order valence-corrected chi connectivity index (χ3v) is 10.9. The largest absolute Gasteiger partial charge is 0.451 e. The normalized spacial score (nSPS) is 16.0. The number of sulfonamides is 1. The molecule has 0 spiro atoms. The second kappa shape index (κ2) is 15.1. The van der Waals surface area contributed by atoms with E-state index in [4.69, 9.17) is 16.0 Å². The Morgan fingerprint density at radius 2 is 1.72 bits per heavy atom. The molecular weight excluding hydrogens is 676 g/mol. The molecule has 0 bridgehead atoms. The molecule has 10 nitrogen and oxygen atoms in total. The second-order valence-electron chi connectivity index (χ2n) is 13.0. The molecule has 2 amide bonds. The molecule has 50 heavy (non-hydrogen) atoms. The summed E-state index contributed by atoms with van der Waals surface area (Å²) in [6.07, 6.45) is 7.91. The third kappa shape index (κ3) is 8.39. The van der Waals surface area contributed by atoms with Gasteiger partial charge in [-0.15, -0.1) is 0 Å².